The Balaban J connectivity index is 1.48. The summed E-state index contributed by atoms with van der Waals surface area (Å²) >= 11 is 0. The van der Waals surface area contributed by atoms with Crippen LogP contribution in [-0.4, -0.2) is 5.11 Å². The largest absolute Gasteiger partial charge is 0.388 e. The molecular weight excluding hydrogens is 244 g/mol. The Morgan fingerprint density at radius 1 is 1.05 bits per heavy atom. The third-order valence-corrected chi connectivity index (χ3v) is 6.62. The minimum atomic E-state index is -0.209. The summed E-state index contributed by atoms with van der Waals surface area (Å²) in [5.74, 6) is 4.82. The second-order valence-corrected chi connectivity index (χ2v) is 7.49. The van der Waals surface area contributed by atoms with Crippen molar-refractivity contribution in [3.8, 4) is 0 Å². The topological polar surface area (TPSA) is 20.2 Å². The zero-order chi connectivity index (χ0) is 13.9. The van der Waals surface area contributed by atoms with Crippen molar-refractivity contribution in [3.63, 3.8) is 0 Å². The minimum Gasteiger partial charge on any atom is -0.388 e. The first-order chi connectivity index (χ1) is 9.70. The second-order valence-electron chi connectivity index (χ2n) is 7.49. The predicted molar refractivity (Wildman–Crippen MR) is 81.4 cm³/mol. The molecule has 6 atom stereocenters. The molecule has 0 spiro atoms. The van der Waals surface area contributed by atoms with Gasteiger partial charge in [-0.2, -0.15) is 0 Å². The highest BCUT2D eigenvalue weighted by molar-refractivity contribution is 5.29. The number of aliphatic hydroxyl groups excluding tert-OH is 1. The molecule has 0 heterocycles. The monoisotopic (exact) mass is 270 g/mol. The highest BCUT2D eigenvalue weighted by Crippen LogP contribution is 2.72. The summed E-state index contributed by atoms with van der Waals surface area (Å²) in [4.78, 5) is 0. The van der Waals surface area contributed by atoms with Gasteiger partial charge in [0.25, 0.3) is 0 Å². The van der Waals surface area contributed by atoms with Gasteiger partial charge >= 0.3 is 0 Å². The SMILES string of the molecule is CCC(C)c1ccc(C(O)C2C3C4CCC(C4)C32)cc1. The lowest BCUT2D eigenvalue weighted by Gasteiger charge is -2.17. The molecule has 1 aromatic rings. The molecule has 1 aromatic carbocycles. The first-order valence-electron chi connectivity index (χ1n) is 8.48. The van der Waals surface area contributed by atoms with Crippen molar-refractivity contribution in [3.05, 3.63) is 35.4 Å². The number of benzene rings is 1. The van der Waals surface area contributed by atoms with Crippen LogP contribution in [0.5, 0.6) is 0 Å². The van der Waals surface area contributed by atoms with Crippen LogP contribution in [0.1, 0.15) is 62.7 Å². The molecule has 0 amide bonds. The molecule has 1 N–H and O–H groups in total. The molecule has 0 radical (unpaired) electrons. The van der Waals surface area contributed by atoms with Crippen molar-refractivity contribution in [2.75, 3.05) is 0 Å². The van der Waals surface area contributed by atoms with E-state index in [-0.39, 0.29) is 6.10 Å². The van der Waals surface area contributed by atoms with E-state index in [9.17, 15) is 5.11 Å². The van der Waals surface area contributed by atoms with Gasteiger partial charge in [-0.25, -0.2) is 0 Å². The van der Waals surface area contributed by atoms with E-state index in [1.54, 1.807) is 0 Å². The summed E-state index contributed by atoms with van der Waals surface area (Å²) < 4.78 is 0. The lowest BCUT2D eigenvalue weighted by atomic mass is 9.92. The maximum Gasteiger partial charge on any atom is 0.0823 e. The van der Waals surface area contributed by atoms with Crippen LogP contribution in [0, 0.1) is 29.6 Å². The Hall–Kier alpha value is -0.820. The van der Waals surface area contributed by atoms with Gasteiger partial charge in [0.15, 0.2) is 0 Å². The van der Waals surface area contributed by atoms with Crippen molar-refractivity contribution < 1.29 is 5.11 Å². The van der Waals surface area contributed by atoms with Crippen LogP contribution in [0.2, 0.25) is 0 Å². The van der Waals surface area contributed by atoms with Crippen molar-refractivity contribution in [1.29, 1.82) is 0 Å². The molecule has 1 nitrogen and oxygen atoms in total. The van der Waals surface area contributed by atoms with Gasteiger partial charge in [-0.3, -0.25) is 0 Å². The fourth-order valence-electron chi connectivity index (χ4n) is 5.29. The Bertz CT molecular complexity index is 475. The lowest BCUT2D eigenvalue weighted by Crippen LogP contribution is -2.08. The molecule has 1 heteroatoms. The Labute approximate surface area is 122 Å². The van der Waals surface area contributed by atoms with Crippen LogP contribution in [0.4, 0.5) is 0 Å². The molecule has 108 valence electrons. The normalized spacial score (nSPS) is 40.5. The van der Waals surface area contributed by atoms with Gasteiger partial charge in [-0.1, -0.05) is 38.1 Å². The average molecular weight is 270 g/mol. The summed E-state index contributed by atoms with van der Waals surface area (Å²) in [5.41, 5.74) is 2.55. The van der Waals surface area contributed by atoms with Crippen LogP contribution in [-0.2, 0) is 0 Å². The van der Waals surface area contributed by atoms with Crippen molar-refractivity contribution >= 4 is 0 Å². The molecule has 0 aromatic heterocycles. The van der Waals surface area contributed by atoms with E-state index in [1.165, 1.54) is 31.2 Å². The molecule has 0 saturated heterocycles. The summed E-state index contributed by atoms with van der Waals surface area (Å²) in [6.45, 7) is 4.50. The van der Waals surface area contributed by atoms with Gasteiger partial charge in [0.05, 0.1) is 6.10 Å². The van der Waals surface area contributed by atoms with Gasteiger partial charge < -0.3 is 5.11 Å². The Kier molecular flexibility index (Phi) is 2.96. The van der Waals surface area contributed by atoms with Crippen LogP contribution < -0.4 is 0 Å². The zero-order valence-electron chi connectivity index (χ0n) is 12.6. The number of hydrogen-bond acceptors (Lipinski definition) is 1. The minimum absolute atomic E-state index is 0.209. The summed E-state index contributed by atoms with van der Waals surface area (Å²) in [7, 11) is 0. The van der Waals surface area contributed by atoms with Gasteiger partial charge in [0, 0.05) is 0 Å². The second kappa shape index (κ2) is 4.59. The maximum atomic E-state index is 10.7. The van der Waals surface area contributed by atoms with Crippen molar-refractivity contribution in [2.24, 2.45) is 29.6 Å². The third-order valence-electron chi connectivity index (χ3n) is 6.62. The summed E-state index contributed by atoms with van der Waals surface area (Å²) in [6, 6.07) is 8.78. The van der Waals surface area contributed by atoms with Crippen LogP contribution in [0.3, 0.4) is 0 Å². The molecular formula is C19H26O. The molecule has 3 aliphatic carbocycles. The molecule has 6 unspecified atom stereocenters. The number of aliphatic hydroxyl groups is 1. The van der Waals surface area contributed by atoms with E-state index in [1.807, 2.05) is 0 Å². The molecule has 3 fully saturated rings. The number of fused-ring (bicyclic) bond motifs is 5. The quantitative estimate of drug-likeness (QED) is 0.852. The van der Waals surface area contributed by atoms with Gasteiger partial charge in [0.1, 0.15) is 0 Å². The summed E-state index contributed by atoms with van der Waals surface area (Å²) in [6.07, 6.45) is 5.30. The average Bonchev–Trinajstić information content (AvgIpc) is 2.93. The first kappa shape index (κ1) is 12.9. The van der Waals surface area contributed by atoms with E-state index in [2.05, 4.69) is 38.1 Å². The van der Waals surface area contributed by atoms with Crippen molar-refractivity contribution in [1.82, 2.24) is 0 Å². The van der Waals surface area contributed by atoms with Gasteiger partial charge in [-0.15, -0.1) is 0 Å². The fraction of sp³-hybridized carbons (Fsp3) is 0.684. The number of rotatable bonds is 4. The number of hydrogen-bond donors (Lipinski definition) is 1. The van der Waals surface area contributed by atoms with Crippen LogP contribution in [0.15, 0.2) is 24.3 Å². The highest BCUT2D eigenvalue weighted by atomic mass is 16.3. The zero-order valence-corrected chi connectivity index (χ0v) is 12.6. The van der Waals surface area contributed by atoms with E-state index in [0.29, 0.717) is 11.8 Å². The van der Waals surface area contributed by atoms with Crippen LogP contribution >= 0.6 is 0 Å². The van der Waals surface area contributed by atoms with Crippen molar-refractivity contribution in [2.45, 2.75) is 51.6 Å². The van der Waals surface area contributed by atoms with E-state index in [4.69, 9.17) is 0 Å². The smallest absolute Gasteiger partial charge is 0.0823 e. The molecule has 20 heavy (non-hydrogen) atoms. The van der Waals surface area contributed by atoms with E-state index >= 15 is 0 Å². The summed E-state index contributed by atoms with van der Waals surface area (Å²) in [5, 5.41) is 10.7. The van der Waals surface area contributed by atoms with E-state index in [0.717, 1.165) is 29.2 Å². The molecule has 4 rings (SSSR count). The van der Waals surface area contributed by atoms with Crippen LogP contribution in [0.25, 0.3) is 0 Å². The highest BCUT2D eigenvalue weighted by Gasteiger charge is 2.66. The van der Waals surface area contributed by atoms with E-state index < -0.39 is 0 Å². The Morgan fingerprint density at radius 2 is 1.60 bits per heavy atom. The molecule has 0 aliphatic heterocycles. The predicted octanol–water partition coefficient (Wildman–Crippen LogP) is 4.53. The third kappa shape index (κ3) is 1.79. The molecule has 3 saturated carbocycles. The maximum absolute atomic E-state index is 10.7. The standard InChI is InChI=1S/C19H26O/c1-3-11(2)12-4-6-13(7-5-12)19(20)18-16-14-8-9-15(10-14)17(16)18/h4-7,11,14-20H,3,8-10H2,1-2H3. The Morgan fingerprint density at radius 3 is 2.15 bits per heavy atom. The molecule has 2 bridgehead atoms. The fourth-order valence-corrected chi connectivity index (χ4v) is 5.29. The van der Waals surface area contributed by atoms with Gasteiger partial charge in [0.2, 0.25) is 0 Å². The molecule has 3 aliphatic rings. The first-order valence-corrected chi connectivity index (χ1v) is 8.48. The van der Waals surface area contributed by atoms with Gasteiger partial charge in [-0.05, 0) is 72.3 Å². The lowest BCUT2D eigenvalue weighted by molar-refractivity contribution is 0.130.